The van der Waals surface area contributed by atoms with Crippen LogP contribution in [0.5, 0.6) is 0 Å². The number of carbonyl (C=O) groups is 1. The summed E-state index contributed by atoms with van der Waals surface area (Å²) in [6.07, 6.45) is 1.88. The number of halogens is 1. The Morgan fingerprint density at radius 1 is 1.47 bits per heavy atom. The van der Waals surface area contributed by atoms with Crippen molar-refractivity contribution in [2.24, 2.45) is 11.1 Å². The molecule has 0 unspecified atom stereocenters. The lowest BCUT2D eigenvalue weighted by atomic mass is 9.99. The number of hydrogen-bond donors (Lipinski definition) is 1. The number of amides is 1. The van der Waals surface area contributed by atoms with Crippen LogP contribution in [0.25, 0.3) is 0 Å². The van der Waals surface area contributed by atoms with Crippen LogP contribution in [0.3, 0.4) is 0 Å². The van der Waals surface area contributed by atoms with Crippen LogP contribution in [0, 0.1) is 5.92 Å². The molecular weight excluding hydrogens is 336 g/mol. The Balaban J connectivity index is 2.21. The highest BCUT2D eigenvalue weighted by atomic mass is 79.9. The fourth-order valence-electron chi connectivity index (χ4n) is 2.02. The van der Waals surface area contributed by atoms with E-state index in [1.807, 2.05) is 0 Å². The number of hydrogen-bond acceptors (Lipinski definition) is 4. The molecular formula is C11H15BrN2O4S. The van der Waals surface area contributed by atoms with E-state index in [4.69, 9.17) is 9.56 Å². The van der Waals surface area contributed by atoms with Crippen molar-refractivity contribution >= 4 is 31.9 Å². The number of sulfonamides is 1. The maximum absolute atomic E-state index is 12.2. The monoisotopic (exact) mass is 350 g/mol. The van der Waals surface area contributed by atoms with Gasteiger partial charge in [-0.05, 0) is 34.7 Å². The normalized spacial score (nSPS) is 17.7. The van der Waals surface area contributed by atoms with Crippen molar-refractivity contribution in [3.8, 4) is 0 Å². The summed E-state index contributed by atoms with van der Waals surface area (Å²) < 4.78 is 27.7. The van der Waals surface area contributed by atoms with Crippen LogP contribution in [0.4, 0.5) is 0 Å². The summed E-state index contributed by atoms with van der Waals surface area (Å²) in [5.74, 6) is 0.292. The van der Waals surface area contributed by atoms with Gasteiger partial charge in [0.2, 0.25) is 10.0 Å². The molecule has 0 saturated carbocycles. The van der Waals surface area contributed by atoms with Crippen molar-refractivity contribution < 1.29 is 17.6 Å². The average Bonchev–Trinajstić information content (AvgIpc) is 2.71. The Morgan fingerprint density at radius 2 is 2.05 bits per heavy atom. The highest BCUT2D eigenvalue weighted by Gasteiger charge is 2.27. The van der Waals surface area contributed by atoms with Gasteiger partial charge in [-0.1, -0.05) is 6.92 Å². The van der Waals surface area contributed by atoms with E-state index in [0.29, 0.717) is 19.0 Å². The molecule has 1 amide bonds. The molecule has 1 aliphatic rings. The van der Waals surface area contributed by atoms with Crippen molar-refractivity contribution in [2.45, 2.75) is 24.7 Å². The molecule has 19 heavy (non-hydrogen) atoms. The van der Waals surface area contributed by atoms with E-state index in [2.05, 4.69) is 22.9 Å². The van der Waals surface area contributed by atoms with Crippen LogP contribution in [0.2, 0.25) is 0 Å². The van der Waals surface area contributed by atoms with Gasteiger partial charge in [-0.3, -0.25) is 4.79 Å². The lowest BCUT2D eigenvalue weighted by Gasteiger charge is -2.29. The van der Waals surface area contributed by atoms with Crippen molar-refractivity contribution in [1.82, 2.24) is 4.90 Å². The van der Waals surface area contributed by atoms with Gasteiger partial charge in [-0.25, -0.2) is 13.6 Å². The van der Waals surface area contributed by atoms with E-state index in [1.165, 1.54) is 6.07 Å². The second kappa shape index (κ2) is 5.26. The molecule has 1 fully saturated rings. The molecule has 1 aliphatic heterocycles. The van der Waals surface area contributed by atoms with Crippen LogP contribution < -0.4 is 5.14 Å². The van der Waals surface area contributed by atoms with E-state index in [9.17, 15) is 13.2 Å². The molecule has 2 heterocycles. The highest BCUT2D eigenvalue weighted by Crippen LogP contribution is 2.27. The Kier molecular flexibility index (Phi) is 4.03. The summed E-state index contributed by atoms with van der Waals surface area (Å²) >= 11 is 2.96. The molecule has 0 spiro atoms. The van der Waals surface area contributed by atoms with E-state index in [1.54, 1.807) is 4.90 Å². The second-order valence-electron chi connectivity index (χ2n) is 4.77. The molecule has 0 aliphatic carbocycles. The quantitative estimate of drug-likeness (QED) is 0.875. The largest absolute Gasteiger partial charge is 0.443 e. The molecule has 2 N–H and O–H groups in total. The van der Waals surface area contributed by atoms with Gasteiger partial charge in [0.05, 0.1) is 0 Å². The molecule has 6 nitrogen and oxygen atoms in total. The number of furan rings is 1. The summed E-state index contributed by atoms with van der Waals surface area (Å²) in [5.41, 5.74) is 0. The van der Waals surface area contributed by atoms with Gasteiger partial charge in [-0.2, -0.15) is 0 Å². The molecule has 106 valence electrons. The maximum atomic E-state index is 12.2. The number of rotatable bonds is 2. The van der Waals surface area contributed by atoms with Gasteiger partial charge in [0.15, 0.2) is 10.4 Å². The van der Waals surface area contributed by atoms with Gasteiger partial charge >= 0.3 is 0 Å². The first-order chi connectivity index (χ1) is 8.79. The first kappa shape index (κ1) is 14.5. The minimum atomic E-state index is -3.90. The Morgan fingerprint density at radius 3 is 2.53 bits per heavy atom. The molecule has 0 atom stereocenters. The Labute approximate surface area is 120 Å². The van der Waals surface area contributed by atoms with Crippen LogP contribution >= 0.6 is 15.9 Å². The zero-order valence-electron chi connectivity index (χ0n) is 10.4. The molecule has 0 aromatic carbocycles. The number of piperidine rings is 1. The Bertz CT molecular complexity index is 588. The predicted octanol–water partition coefficient (Wildman–Crippen LogP) is 1.56. The zero-order chi connectivity index (χ0) is 14.2. The summed E-state index contributed by atoms with van der Waals surface area (Å²) in [6, 6.07) is 1.17. The van der Waals surface area contributed by atoms with E-state index < -0.39 is 10.0 Å². The molecule has 8 heteroatoms. The van der Waals surface area contributed by atoms with Crippen LogP contribution in [0.1, 0.15) is 30.3 Å². The molecule has 1 aromatic rings. The minimum Gasteiger partial charge on any atom is -0.443 e. The van der Waals surface area contributed by atoms with Gasteiger partial charge in [-0.15, -0.1) is 0 Å². The first-order valence-electron chi connectivity index (χ1n) is 5.90. The summed E-state index contributed by atoms with van der Waals surface area (Å²) in [5, 5.41) is 5.03. The van der Waals surface area contributed by atoms with Crippen molar-refractivity contribution in [3.05, 3.63) is 16.5 Å². The van der Waals surface area contributed by atoms with Gasteiger partial charge in [0, 0.05) is 19.2 Å². The molecule has 2 rings (SSSR count). The van der Waals surface area contributed by atoms with E-state index >= 15 is 0 Å². The number of carbonyl (C=O) groups excluding carboxylic acids is 1. The first-order valence-corrected chi connectivity index (χ1v) is 8.24. The topological polar surface area (TPSA) is 93.6 Å². The lowest BCUT2D eigenvalue weighted by molar-refractivity contribution is 0.0663. The maximum Gasteiger partial charge on any atom is 0.289 e. The number of nitrogens with two attached hydrogens (primary N) is 1. The summed E-state index contributed by atoms with van der Waals surface area (Å²) in [6.45, 7) is 3.45. The fraction of sp³-hybridized carbons (Fsp3) is 0.545. The molecule has 1 aromatic heterocycles. The van der Waals surface area contributed by atoms with Gasteiger partial charge in [0.1, 0.15) is 4.90 Å². The third-order valence-corrected chi connectivity index (χ3v) is 5.01. The fourth-order valence-corrected chi connectivity index (χ4v) is 3.52. The number of primary sulfonamides is 1. The average molecular weight is 351 g/mol. The van der Waals surface area contributed by atoms with Crippen molar-refractivity contribution in [3.63, 3.8) is 0 Å². The van der Waals surface area contributed by atoms with Crippen molar-refractivity contribution in [2.75, 3.05) is 13.1 Å². The smallest absolute Gasteiger partial charge is 0.289 e. The van der Waals surface area contributed by atoms with Crippen LogP contribution in [0.15, 0.2) is 20.0 Å². The molecule has 1 saturated heterocycles. The summed E-state index contributed by atoms with van der Waals surface area (Å²) in [4.78, 5) is 13.6. The van der Waals surface area contributed by atoms with Crippen LogP contribution in [-0.4, -0.2) is 32.3 Å². The Hall–Kier alpha value is -0.860. The van der Waals surface area contributed by atoms with E-state index in [0.717, 1.165) is 12.8 Å². The van der Waals surface area contributed by atoms with Crippen LogP contribution in [-0.2, 0) is 10.0 Å². The number of likely N-dealkylation sites (tertiary alicyclic amines) is 1. The lowest BCUT2D eigenvalue weighted by Crippen LogP contribution is -2.37. The van der Waals surface area contributed by atoms with Gasteiger partial charge < -0.3 is 9.32 Å². The van der Waals surface area contributed by atoms with Crippen molar-refractivity contribution in [1.29, 1.82) is 0 Å². The summed E-state index contributed by atoms with van der Waals surface area (Å²) in [7, 11) is -3.90. The minimum absolute atomic E-state index is 0.00884. The third-order valence-electron chi connectivity index (χ3n) is 3.24. The SMILES string of the molecule is CC1CCN(C(=O)c2cc(S(N)(=O)=O)c(Br)o2)CC1. The predicted molar refractivity (Wildman–Crippen MR) is 72.1 cm³/mol. The second-order valence-corrected chi connectivity index (χ2v) is 7.02. The third kappa shape index (κ3) is 3.18. The molecule has 0 radical (unpaired) electrons. The highest BCUT2D eigenvalue weighted by molar-refractivity contribution is 9.10. The standard InChI is InChI=1S/C11H15BrN2O4S/c1-7-2-4-14(5-3-7)11(15)8-6-9(10(12)18-8)19(13,16)17/h6-7H,2-5H2,1H3,(H2,13,16,17). The van der Waals surface area contributed by atoms with Gasteiger partial charge in [0.25, 0.3) is 5.91 Å². The number of nitrogens with zero attached hydrogens (tertiary/aromatic N) is 1. The molecule has 0 bridgehead atoms. The zero-order valence-corrected chi connectivity index (χ0v) is 12.8. The van der Waals surface area contributed by atoms with E-state index in [-0.39, 0.29) is 21.2 Å².